The summed E-state index contributed by atoms with van der Waals surface area (Å²) >= 11 is 0. The van der Waals surface area contributed by atoms with Gasteiger partial charge in [-0.25, -0.2) is 9.67 Å². The van der Waals surface area contributed by atoms with Gasteiger partial charge in [0.1, 0.15) is 5.54 Å². The molecule has 0 aliphatic rings. The van der Waals surface area contributed by atoms with E-state index in [9.17, 15) is 0 Å². The van der Waals surface area contributed by atoms with E-state index in [1.165, 1.54) is 11.1 Å². The molecular weight excluding hydrogens is 617 g/mol. The maximum atomic E-state index is 4.82. The monoisotopic (exact) mass is 654 g/mol. The zero-order valence-corrected chi connectivity index (χ0v) is 28.3. The number of aryl methyl sites for hydroxylation is 2. The largest absolute Gasteiger partial charge is 0.266 e. The number of hydrogen-bond donors (Lipinski definition) is 0. The van der Waals surface area contributed by atoms with Crippen LogP contribution in [0.5, 0.6) is 0 Å². The number of tetrazole rings is 1. The Morgan fingerprint density at radius 3 is 1.80 bits per heavy atom. The normalized spacial score (nSPS) is 11.7. The zero-order chi connectivity index (χ0) is 33.9. The maximum absolute atomic E-state index is 4.82. The molecule has 3 heterocycles. The molecule has 0 aliphatic carbocycles. The standard InChI is InChI=1S/C42H38N8/c1-3-16-39-43-40-32(4-2)30-48(50(40)45-39)29-31-25-27-33(28-26-31)37-23-14-15-24-38(37)41-44-46-47-49(41)42(34-17-8-5-9-18-34,35-19-10-6-11-20-35)36-21-12-7-13-22-36/h5-15,17-28,30H,3-4,16,29H2,1-2H3. The molecule has 0 spiro atoms. The fraction of sp³-hybridized carbons (Fsp3) is 0.167. The van der Waals surface area contributed by atoms with Crippen molar-refractivity contribution >= 4 is 5.65 Å². The van der Waals surface area contributed by atoms with Gasteiger partial charge in [0.2, 0.25) is 0 Å². The van der Waals surface area contributed by atoms with Crippen molar-refractivity contribution in [3.63, 3.8) is 0 Å². The molecule has 0 unspecified atom stereocenters. The molecule has 0 saturated heterocycles. The Labute approximate surface area is 291 Å². The highest BCUT2D eigenvalue weighted by atomic mass is 15.6. The van der Waals surface area contributed by atoms with Gasteiger partial charge in [-0.15, -0.1) is 10.2 Å². The van der Waals surface area contributed by atoms with Crippen LogP contribution in [0.3, 0.4) is 0 Å². The number of rotatable bonds is 11. The fourth-order valence-corrected chi connectivity index (χ4v) is 7.10. The molecule has 0 N–H and O–H groups in total. The smallest absolute Gasteiger partial charge is 0.184 e. The Morgan fingerprint density at radius 2 is 1.22 bits per heavy atom. The van der Waals surface area contributed by atoms with Gasteiger partial charge < -0.3 is 0 Å². The molecule has 0 fully saturated rings. The molecule has 8 nitrogen and oxygen atoms in total. The fourth-order valence-electron chi connectivity index (χ4n) is 7.10. The SMILES string of the molecule is CCCc1nc2c(CC)cn(Cc3ccc(-c4ccccc4-c4nnnn4C(c4ccccc4)(c4ccccc4)c4ccccc4)cc3)n2n1. The molecule has 0 aliphatic heterocycles. The highest BCUT2D eigenvalue weighted by Crippen LogP contribution is 2.43. The van der Waals surface area contributed by atoms with Gasteiger partial charge in [0, 0.05) is 23.7 Å². The van der Waals surface area contributed by atoms with E-state index in [2.05, 4.69) is 151 Å². The summed E-state index contributed by atoms with van der Waals surface area (Å²) in [6.07, 6.45) is 4.99. The van der Waals surface area contributed by atoms with Crippen LogP contribution in [-0.4, -0.2) is 39.6 Å². The summed E-state index contributed by atoms with van der Waals surface area (Å²) in [5, 5.41) is 18.6. The first-order valence-electron chi connectivity index (χ1n) is 17.3. The molecule has 8 heteroatoms. The van der Waals surface area contributed by atoms with Crippen molar-refractivity contribution in [2.24, 2.45) is 0 Å². The summed E-state index contributed by atoms with van der Waals surface area (Å²) in [4.78, 5) is 4.82. The topological polar surface area (TPSA) is 78.7 Å². The van der Waals surface area contributed by atoms with E-state index in [-0.39, 0.29) is 0 Å². The molecule has 3 aromatic heterocycles. The molecule has 246 valence electrons. The van der Waals surface area contributed by atoms with Crippen molar-refractivity contribution in [3.8, 4) is 22.5 Å². The number of fused-ring (bicyclic) bond motifs is 1. The Balaban J connectivity index is 1.22. The molecule has 0 atom stereocenters. The molecule has 8 rings (SSSR count). The van der Waals surface area contributed by atoms with Crippen LogP contribution in [0.25, 0.3) is 28.2 Å². The van der Waals surface area contributed by atoms with Crippen LogP contribution in [0.4, 0.5) is 0 Å². The van der Waals surface area contributed by atoms with E-state index in [4.69, 9.17) is 20.4 Å². The summed E-state index contributed by atoms with van der Waals surface area (Å²) in [7, 11) is 0. The summed E-state index contributed by atoms with van der Waals surface area (Å²) in [5.74, 6) is 1.58. The highest BCUT2D eigenvalue weighted by molar-refractivity contribution is 5.81. The van der Waals surface area contributed by atoms with E-state index in [1.807, 2.05) is 27.5 Å². The van der Waals surface area contributed by atoms with Gasteiger partial charge in [0.25, 0.3) is 0 Å². The van der Waals surface area contributed by atoms with Crippen LogP contribution in [0, 0.1) is 0 Å². The van der Waals surface area contributed by atoms with Crippen molar-refractivity contribution in [1.29, 1.82) is 0 Å². The molecule has 8 aromatic rings. The second-order valence-corrected chi connectivity index (χ2v) is 12.6. The molecule has 0 saturated carbocycles. The van der Waals surface area contributed by atoms with Crippen LogP contribution >= 0.6 is 0 Å². The lowest BCUT2D eigenvalue weighted by atomic mass is 9.77. The Kier molecular flexibility index (Phi) is 8.34. The minimum absolute atomic E-state index is 0.678. The molecule has 5 aromatic carbocycles. The third-order valence-electron chi connectivity index (χ3n) is 9.46. The van der Waals surface area contributed by atoms with E-state index in [0.29, 0.717) is 12.4 Å². The summed E-state index contributed by atoms with van der Waals surface area (Å²) in [6, 6.07) is 48.6. The molecule has 0 radical (unpaired) electrons. The first-order chi connectivity index (χ1) is 24.7. The third-order valence-corrected chi connectivity index (χ3v) is 9.46. The van der Waals surface area contributed by atoms with Crippen LogP contribution in [0.15, 0.2) is 146 Å². The zero-order valence-electron chi connectivity index (χ0n) is 28.3. The highest BCUT2D eigenvalue weighted by Gasteiger charge is 2.42. The lowest BCUT2D eigenvalue weighted by molar-refractivity contribution is 0.451. The Bertz CT molecular complexity index is 2240. The number of hydrogen-bond acceptors (Lipinski definition) is 5. The van der Waals surface area contributed by atoms with Crippen molar-refractivity contribution in [2.75, 3.05) is 0 Å². The van der Waals surface area contributed by atoms with E-state index in [0.717, 1.165) is 64.1 Å². The van der Waals surface area contributed by atoms with Crippen molar-refractivity contribution in [3.05, 3.63) is 179 Å². The number of aromatic nitrogens is 8. The van der Waals surface area contributed by atoms with Crippen LogP contribution in [-0.2, 0) is 24.9 Å². The van der Waals surface area contributed by atoms with Gasteiger partial charge in [-0.2, -0.15) is 4.63 Å². The quantitative estimate of drug-likeness (QED) is 0.131. The van der Waals surface area contributed by atoms with Gasteiger partial charge in [-0.1, -0.05) is 153 Å². The predicted octanol–water partition coefficient (Wildman–Crippen LogP) is 8.25. The van der Waals surface area contributed by atoms with E-state index >= 15 is 0 Å². The van der Waals surface area contributed by atoms with Crippen LogP contribution in [0.2, 0.25) is 0 Å². The summed E-state index contributed by atoms with van der Waals surface area (Å²) in [6.45, 7) is 5.02. The van der Waals surface area contributed by atoms with E-state index in [1.54, 1.807) is 0 Å². The Hall–Kier alpha value is -6.15. The number of benzene rings is 5. The first kappa shape index (κ1) is 31.1. The molecule has 50 heavy (non-hydrogen) atoms. The minimum Gasteiger partial charge on any atom is -0.266 e. The van der Waals surface area contributed by atoms with Crippen molar-refractivity contribution in [2.45, 2.75) is 45.2 Å². The van der Waals surface area contributed by atoms with Crippen LogP contribution in [0.1, 0.15) is 53.9 Å². The summed E-state index contributed by atoms with van der Waals surface area (Å²) in [5.41, 5.74) is 8.78. The lowest BCUT2D eigenvalue weighted by Gasteiger charge is -2.36. The van der Waals surface area contributed by atoms with Crippen molar-refractivity contribution in [1.82, 2.24) is 39.6 Å². The summed E-state index contributed by atoms with van der Waals surface area (Å²) < 4.78 is 6.12. The Morgan fingerprint density at radius 1 is 0.640 bits per heavy atom. The van der Waals surface area contributed by atoms with Gasteiger partial charge >= 0.3 is 0 Å². The molecule has 0 amide bonds. The second-order valence-electron chi connectivity index (χ2n) is 12.6. The first-order valence-corrected chi connectivity index (χ1v) is 17.3. The van der Waals surface area contributed by atoms with E-state index < -0.39 is 5.54 Å². The molecular formula is C42H38N8. The average Bonchev–Trinajstić information content (AvgIpc) is 3.91. The third kappa shape index (κ3) is 5.39. The van der Waals surface area contributed by atoms with Gasteiger partial charge in [-0.3, -0.25) is 4.68 Å². The van der Waals surface area contributed by atoms with Crippen LogP contribution < -0.4 is 0 Å². The van der Waals surface area contributed by atoms with Gasteiger partial charge in [0.05, 0.1) is 6.54 Å². The van der Waals surface area contributed by atoms with Gasteiger partial charge in [-0.05, 0) is 56.6 Å². The number of nitrogens with zero attached hydrogens (tertiary/aromatic N) is 8. The maximum Gasteiger partial charge on any atom is 0.184 e. The second kappa shape index (κ2) is 13.4. The lowest BCUT2D eigenvalue weighted by Crippen LogP contribution is -2.39. The van der Waals surface area contributed by atoms with Crippen molar-refractivity contribution < 1.29 is 0 Å². The molecule has 0 bridgehead atoms. The predicted molar refractivity (Wildman–Crippen MR) is 197 cm³/mol. The minimum atomic E-state index is -0.836. The average molecular weight is 655 g/mol. The van der Waals surface area contributed by atoms with Gasteiger partial charge in [0.15, 0.2) is 17.3 Å².